The van der Waals surface area contributed by atoms with Crippen LogP contribution in [0, 0.1) is 17.3 Å². The van der Waals surface area contributed by atoms with Gasteiger partial charge < -0.3 is 11.1 Å². The standard InChI is InChI=1S/C14H24N2O.ClH/c1-14(5-6-14)13(17)16-12-9-3-2-4-10(12)8-11(15)7-9;/h9-12H,2-8,15H2,1H3,(H,16,17);1H. The Morgan fingerprint density at radius 2 is 1.78 bits per heavy atom. The van der Waals surface area contributed by atoms with Gasteiger partial charge in [-0.05, 0) is 50.4 Å². The van der Waals surface area contributed by atoms with Gasteiger partial charge in [0.25, 0.3) is 0 Å². The molecule has 0 aromatic heterocycles. The maximum absolute atomic E-state index is 12.2. The largest absolute Gasteiger partial charge is 0.352 e. The molecule has 4 heteroatoms. The van der Waals surface area contributed by atoms with Crippen LogP contribution in [0.2, 0.25) is 0 Å². The van der Waals surface area contributed by atoms with E-state index in [0.717, 1.165) is 25.7 Å². The van der Waals surface area contributed by atoms with Crippen LogP contribution in [0.5, 0.6) is 0 Å². The number of hydrogen-bond acceptors (Lipinski definition) is 2. The molecule has 0 aromatic carbocycles. The summed E-state index contributed by atoms with van der Waals surface area (Å²) in [5.41, 5.74) is 6.07. The van der Waals surface area contributed by atoms with Crippen LogP contribution in [-0.2, 0) is 4.79 Å². The Morgan fingerprint density at radius 1 is 1.22 bits per heavy atom. The van der Waals surface area contributed by atoms with Crippen molar-refractivity contribution in [3.63, 3.8) is 0 Å². The molecular formula is C14H25ClN2O. The number of amides is 1. The average Bonchev–Trinajstić information content (AvgIpc) is 2.99. The van der Waals surface area contributed by atoms with E-state index in [9.17, 15) is 4.79 Å². The Bertz CT molecular complexity index is 316. The summed E-state index contributed by atoms with van der Waals surface area (Å²) in [5.74, 6) is 1.59. The summed E-state index contributed by atoms with van der Waals surface area (Å²) in [5, 5.41) is 3.35. The predicted molar refractivity (Wildman–Crippen MR) is 74.6 cm³/mol. The molecule has 3 aliphatic carbocycles. The molecule has 1 amide bonds. The summed E-state index contributed by atoms with van der Waals surface area (Å²) < 4.78 is 0. The monoisotopic (exact) mass is 272 g/mol. The highest BCUT2D eigenvalue weighted by Crippen LogP contribution is 2.46. The van der Waals surface area contributed by atoms with E-state index in [1.165, 1.54) is 19.3 Å². The van der Waals surface area contributed by atoms with Gasteiger partial charge in [0.2, 0.25) is 5.91 Å². The topological polar surface area (TPSA) is 55.1 Å². The Balaban J connectivity index is 0.00000120. The van der Waals surface area contributed by atoms with Crippen LogP contribution in [0.15, 0.2) is 0 Å². The normalized spacial score (nSPS) is 40.6. The molecule has 3 saturated carbocycles. The van der Waals surface area contributed by atoms with Crippen molar-refractivity contribution in [3.05, 3.63) is 0 Å². The zero-order valence-electron chi connectivity index (χ0n) is 11.2. The molecule has 3 aliphatic rings. The fourth-order valence-electron chi connectivity index (χ4n) is 3.76. The molecule has 2 bridgehead atoms. The van der Waals surface area contributed by atoms with Crippen LogP contribution in [-0.4, -0.2) is 18.0 Å². The van der Waals surface area contributed by atoms with E-state index < -0.39 is 0 Å². The van der Waals surface area contributed by atoms with Gasteiger partial charge >= 0.3 is 0 Å². The molecule has 0 aliphatic heterocycles. The lowest BCUT2D eigenvalue weighted by Crippen LogP contribution is -2.54. The Kier molecular flexibility index (Phi) is 3.93. The lowest BCUT2D eigenvalue weighted by Gasteiger charge is -2.45. The van der Waals surface area contributed by atoms with Crippen LogP contribution in [0.3, 0.4) is 0 Å². The molecule has 3 nitrogen and oxygen atoms in total. The van der Waals surface area contributed by atoms with Gasteiger partial charge in [-0.25, -0.2) is 0 Å². The van der Waals surface area contributed by atoms with Crippen molar-refractivity contribution in [2.45, 2.75) is 64.0 Å². The van der Waals surface area contributed by atoms with Crippen molar-refractivity contribution in [2.24, 2.45) is 23.0 Å². The first-order valence-electron chi connectivity index (χ1n) is 7.15. The van der Waals surface area contributed by atoms with Crippen molar-refractivity contribution in [3.8, 4) is 0 Å². The Hall–Kier alpha value is -0.280. The third-order valence-corrected chi connectivity index (χ3v) is 5.22. The molecule has 0 radical (unpaired) electrons. The molecule has 0 aromatic rings. The SMILES string of the molecule is CC1(C(=O)NC2C3CCCC2CC(N)C3)CC1.Cl. The van der Waals surface area contributed by atoms with Gasteiger partial charge in [-0.3, -0.25) is 4.79 Å². The van der Waals surface area contributed by atoms with Crippen molar-refractivity contribution in [1.29, 1.82) is 0 Å². The highest BCUT2D eigenvalue weighted by Gasteiger charge is 2.48. The van der Waals surface area contributed by atoms with Gasteiger partial charge in [0.1, 0.15) is 0 Å². The molecular weight excluding hydrogens is 248 g/mol. The number of carbonyl (C=O) groups is 1. The predicted octanol–water partition coefficient (Wildman–Crippen LogP) is 2.23. The summed E-state index contributed by atoms with van der Waals surface area (Å²) in [6.07, 6.45) is 8.19. The van der Waals surface area contributed by atoms with Crippen molar-refractivity contribution in [1.82, 2.24) is 5.32 Å². The second-order valence-corrected chi connectivity index (χ2v) is 6.74. The highest BCUT2D eigenvalue weighted by molar-refractivity contribution is 5.85. The first kappa shape index (κ1) is 14.1. The zero-order valence-corrected chi connectivity index (χ0v) is 12.0. The molecule has 104 valence electrons. The maximum atomic E-state index is 12.2. The number of nitrogens with one attached hydrogen (secondary N) is 1. The van der Waals surface area contributed by atoms with Gasteiger partial charge in [0.05, 0.1) is 0 Å². The quantitative estimate of drug-likeness (QED) is 0.810. The van der Waals surface area contributed by atoms with Crippen LogP contribution >= 0.6 is 12.4 Å². The third kappa shape index (κ3) is 2.53. The summed E-state index contributed by atoms with van der Waals surface area (Å²) in [6, 6.07) is 0.795. The fraction of sp³-hybridized carbons (Fsp3) is 0.929. The number of hydrogen-bond donors (Lipinski definition) is 2. The lowest BCUT2D eigenvalue weighted by atomic mass is 9.67. The van der Waals surface area contributed by atoms with Crippen molar-refractivity contribution < 1.29 is 4.79 Å². The van der Waals surface area contributed by atoms with E-state index in [1.54, 1.807) is 0 Å². The number of rotatable bonds is 2. The molecule has 0 saturated heterocycles. The van der Waals surface area contributed by atoms with Crippen LogP contribution in [0.1, 0.15) is 51.9 Å². The van der Waals surface area contributed by atoms with Crippen LogP contribution in [0.25, 0.3) is 0 Å². The van der Waals surface area contributed by atoms with E-state index in [-0.39, 0.29) is 17.8 Å². The minimum Gasteiger partial charge on any atom is -0.352 e. The molecule has 3 rings (SSSR count). The fourth-order valence-corrected chi connectivity index (χ4v) is 3.76. The maximum Gasteiger partial charge on any atom is 0.226 e. The summed E-state index contributed by atoms with van der Waals surface area (Å²) >= 11 is 0. The number of nitrogens with two attached hydrogens (primary N) is 1. The number of halogens is 1. The van der Waals surface area contributed by atoms with Crippen molar-refractivity contribution >= 4 is 18.3 Å². The highest BCUT2D eigenvalue weighted by atomic mass is 35.5. The zero-order chi connectivity index (χ0) is 12.0. The molecule has 2 atom stereocenters. The van der Waals surface area contributed by atoms with Crippen molar-refractivity contribution in [2.75, 3.05) is 0 Å². The third-order valence-electron chi connectivity index (χ3n) is 5.22. The molecule has 3 fully saturated rings. The van der Waals surface area contributed by atoms with Gasteiger partial charge in [0.15, 0.2) is 0 Å². The first-order chi connectivity index (χ1) is 8.08. The van der Waals surface area contributed by atoms with Gasteiger partial charge in [-0.15, -0.1) is 12.4 Å². The molecule has 3 N–H and O–H groups in total. The molecule has 2 unspecified atom stereocenters. The number of carbonyl (C=O) groups excluding carboxylic acids is 1. The van der Waals surface area contributed by atoms with E-state index >= 15 is 0 Å². The summed E-state index contributed by atoms with van der Waals surface area (Å²) in [4.78, 5) is 12.2. The molecule has 0 heterocycles. The second kappa shape index (κ2) is 5.01. The number of fused-ring (bicyclic) bond motifs is 2. The molecule has 0 spiro atoms. The van der Waals surface area contributed by atoms with Crippen LogP contribution in [0.4, 0.5) is 0 Å². The van der Waals surface area contributed by atoms with Crippen LogP contribution < -0.4 is 11.1 Å². The first-order valence-corrected chi connectivity index (χ1v) is 7.15. The van der Waals surface area contributed by atoms with Gasteiger partial charge in [0, 0.05) is 17.5 Å². The van der Waals surface area contributed by atoms with E-state index in [2.05, 4.69) is 12.2 Å². The average molecular weight is 273 g/mol. The lowest BCUT2D eigenvalue weighted by molar-refractivity contribution is -0.128. The van der Waals surface area contributed by atoms with E-state index in [4.69, 9.17) is 5.73 Å². The Morgan fingerprint density at radius 3 is 2.28 bits per heavy atom. The van der Waals surface area contributed by atoms with E-state index in [0.29, 0.717) is 29.8 Å². The minimum absolute atomic E-state index is 0. The smallest absolute Gasteiger partial charge is 0.226 e. The molecule has 18 heavy (non-hydrogen) atoms. The van der Waals surface area contributed by atoms with Gasteiger partial charge in [-0.1, -0.05) is 13.3 Å². The minimum atomic E-state index is -0.0339. The Labute approximate surface area is 116 Å². The summed E-state index contributed by atoms with van der Waals surface area (Å²) in [7, 11) is 0. The summed E-state index contributed by atoms with van der Waals surface area (Å²) in [6.45, 7) is 2.09. The second-order valence-electron chi connectivity index (χ2n) is 6.74. The van der Waals surface area contributed by atoms with E-state index in [1.807, 2.05) is 0 Å². The van der Waals surface area contributed by atoms with Gasteiger partial charge in [-0.2, -0.15) is 0 Å².